The van der Waals surface area contributed by atoms with E-state index in [4.69, 9.17) is 0 Å². The van der Waals surface area contributed by atoms with E-state index in [9.17, 15) is 25.9 Å². The van der Waals surface area contributed by atoms with Crippen LogP contribution in [0.3, 0.4) is 0 Å². The molecule has 1 aliphatic rings. The number of thioether (sulfide) groups is 1. The highest BCUT2D eigenvalue weighted by Crippen LogP contribution is 2.48. The molecule has 5 aromatic rings. The summed E-state index contributed by atoms with van der Waals surface area (Å²) < 4.78 is 68.0. The largest absolute Gasteiger partial charge is 0.335 e. The molecule has 2 N–H and O–H groups in total. The number of thiazole rings is 1. The molecule has 0 aliphatic carbocycles. The molecule has 8 nitrogen and oxygen atoms in total. The van der Waals surface area contributed by atoms with Crippen molar-refractivity contribution in [1.82, 2.24) is 0 Å². The number of hydrogen-bond donors (Lipinski definition) is 2. The number of allylic oxidation sites excluding steroid dienone is 2. The lowest BCUT2D eigenvalue weighted by Crippen LogP contribution is -2.36. The number of rotatable bonds is 11. The Balaban J connectivity index is 1.41. The van der Waals surface area contributed by atoms with Crippen LogP contribution >= 0.6 is 23.1 Å². The molecular weight excluding hydrogens is 649 g/mol. The Hall–Kier alpha value is -3.26. The van der Waals surface area contributed by atoms with Crippen molar-refractivity contribution >= 4 is 86.9 Å². The Morgan fingerprint density at radius 2 is 1.44 bits per heavy atom. The van der Waals surface area contributed by atoms with Gasteiger partial charge in [-0.25, -0.2) is 0 Å². The van der Waals surface area contributed by atoms with Gasteiger partial charge in [-0.2, -0.15) is 21.4 Å². The highest BCUT2D eigenvalue weighted by Gasteiger charge is 2.27. The van der Waals surface area contributed by atoms with E-state index in [-0.39, 0.29) is 24.3 Å². The van der Waals surface area contributed by atoms with Crippen LogP contribution in [0.4, 0.5) is 5.69 Å². The van der Waals surface area contributed by atoms with Crippen LogP contribution in [0.1, 0.15) is 31.2 Å². The van der Waals surface area contributed by atoms with Crippen LogP contribution in [0.5, 0.6) is 0 Å². The molecule has 0 saturated heterocycles. The number of anilines is 1. The lowest BCUT2D eigenvalue weighted by atomic mass is 10.1. The van der Waals surface area contributed by atoms with Crippen LogP contribution in [-0.4, -0.2) is 44.0 Å². The monoisotopic (exact) mass is 681 g/mol. The first-order chi connectivity index (χ1) is 21.5. The van der Waals surface area contributed by atoms with Gasteiger partial charge in [0.1, 0.15) is 4.70 Å². The Morgan fingerprint density at radius 1 is 0.844 bits per heavy atom. The van der Waals surface area contributed by atoms with Gasteiger partial charge in [0, 0.05) is 30.0 Å². The molecule has 0 fully saturated rings. The van der Waals surface area contributed by atoms with E-state index in [0.717, 1.165) is 64.4 Å². The van der Waals surface area contributed by atoms with Crippen molar-refractivity contribution in [2.45, 2.75) is 37.6 Å². The Labute approximate surface area is 271 Å². The molecule has 0 bridgehead atoms. The standard InChI is InChI=1S/C33H32N2O6S4/c1-2-23(17-32-34(13-7-15-44(36,37)38)28-19-24-9-3-5-11-26(24)21-30(28)42-32)18-33-35(14-8-16-45(39,40)41)29-20-25-10-4-6-12-27(25)22-31(29)43-33/h3-6,9-12,17-22H,2,7-8,13-16H2,1H3,(H-,36,37,38,39,40,41)/p+1. The van der Waals surface area contributed by atoms with Gasteiger partial charge in [0.25, 0.3) is 25.2 Å². The lowest BCUT2D eigenvalue weighted by molar-refractivity contribution is -0.668. The van der Waals surface area contributed by atoms with Crippen LogP contribution in [0.15, 0.2) is 94.4 Å². The number of hydrogen-bond acceptors (Lipinski definition) is 7. The first-order valence-corrected chi connectivity index (χ1v) is 19.5. The Kier molecular flexibility index (Phi) is 9.06. The van der Waals surface area contributed by atoms with Gasteiger partial charge >= 0.3 is 0 Å². The third kappa shape index (κ3) is 7.43. The molecule has 0 radical (unpaired) electrons. The first-order valence-electron chi connectivity index (χ1n) is 14.6. The summed E-state index contributed by atoms with van der Waals surface area (Å²) >= 11 is 3.27. The highest BCUT2D eigenvalue weighted by atomic mass is 32.2. The van der Waals surface area contributed by atoms with Crippen molar-refractivity contribution in [3.8, 4) is 0 Å². The van der Waals surface area contributed by atoms with E-state index in [1.807, 2.05) is 24.3 Å². The molecule has 2 heterocycles. The molecule has 45 heavy (non-hydrogen) atoms. The second-order valence-corrected chi connectivity index (χ2v) is 16.3. The molecule has 1 aromatic heterocycles. The predicted molar refractivity (Wildman–Crippen MR) is 185 cm³/mol. The molecule has 0 amide bonds. The number of nitrogens with zero attached hydrogens (tertiary/aromatic N) is 2. The second kappa shape index (κ2) is 12.9. The summed E-state index contributed by atoms with van der Waals surface area (Å²) in [5.74, 6) is -0.638. The van der Waals surface area contributed by atoms with Crippen molar-refractivity contribution in [2.24, 2.45) is 0 Å². The summed E-state index contributed by atoms with van der Waals surface area (Å²) in [6, 6.07) is 24.8. The molecule has 0 unspecified atom stereocenters. The lowest BCUT2D eigenvalue weighted by Gasteiger charge is -2.21. The van der Waals surface area contributed by atoms with Crippen molar-refractivity contribution in [3.63, 3.8) is 0 Å². The number of benzene rings is 4. The normalized spacial score (nSPS) is 15.1. The smallest absolute Gasteiger partial charge is 0.265 e. The zero-order valence-electron chi connectivity index (χ0n) is 24.6. The van der Waals surface area contributed by atoms with E-state index < -0.39 is 20.2 Å². The van der Waals surface area contributed by atoms with Gasteiger partial charge in [-0.3, -0.25) is 9.11 Å². The quantitative estimate of drug-likeness (QED) is 0.110. The fraction of sp³-hybridized carbons (Fsp3) is 0.242. The van der Waals surface area contributed by atoms with Gasteiger partial charge in [0.05, 0.1) is 22.2 Å². The minimum Gasteiger partial charge on any atom is -0.335 e. The molecule has 12 heteroatoms. The van der Waals surface area contributed by atoms with Crippen LogP contribution in [0.25, 0.3) is 37.8 Å². The maximum Gasteiger partial charge on any atom is 0.265 e. The predicted octanol–water partition coefficient (Wildman–Crippen LogP) is 7.30. The SMILES string of the molecule is CCC(=Cc1sc2cc3ccccc3cc2[n+]1CCCS(=O)(=O)O)C=C1Sc2cc3ccccc3cc2N1CCCS(=O)(=O)O. The Bertz CT molecular complexity index is 2210. The number of aromatic nitrogens is 1. The number of fused-ring (bicyclic) bond motifs is 4. The summed E-state index contributed by atoms with van der Waals surface area (Å²) in [5, 5.41) is 6.36. The minimum atomic E-state index is -4.08. The van der Waals surface area contributed by atoms with Crippen LogP contribution < -0.4 is 9.47 Å². The summed E-state index contributed by atoms with van der Waals surface area (Å²) in [4.78, 5) is 3.20. The maximum absolute atomic E-state index is 11.5. The summed E-state index contributed by atoms with van der Waals surface area (Å²) in [5.41, 5.74) is 3.06. The topological polar surface area (TPSA) is 116 Å². The number of aryl methyl sites for hydroxylation is 1. The molecular formula is C33H33N2O6S4+. The van der Waals surface area contributed by atoms with Gasteiger partial charge in [0.15, 0.2) is 6.54 Å². The maximum atomic E-state index is 11.5. The van der Waals surface area contributed by atoms with Crippen molar-refractivity contribution in [3.05, 3.63) is 94.5 Å². The zero-order chi connectivity index (χ0) is 31.8. The van der Waals surface area contributed by atoms with E-state index in [2.05, 4.69) is 77.1 Å². The van der Waals surface area contributed by atoms with Gasteiger partial charge < -0.3 is 4.90 Å². The van der Waals surface area contributed by atoms with Gasteiger partial charge in [-0.15, -0.1) is 0 Å². The van der Waals surface area contributed by atoms with Crippen molar-refractivity contribution < 1.29 is 30.5 Å². The Morgan fingerprint density at radius 3 is 2.09 bits per heavy atom. The molecule has 6 rings (SSSR count). The summed E-state index contributed by atoms with van der Waals surface area (Å²) in [6.45, 7) is 2.93. The summed E-state index contributed by atoms with van der Waals surface area (Å²) in [6.07, 6.45) is 5.53. The van der Waals surface area contributed by atoms with Crippen molar-refractivity contribution in [2.75, 3.05) is 23.0 Å². The van der Waals surface area contributed by atoms with E-state index in [1.54, 1.807) is 23.1 Å². The zero-order valence-corrected chi connectivity index (χ0v) is 27.9. The molecule has 0 spiro atoms. The highest BCUT2D eigenvalue weighted by molar-refractivity contribution is 8.03. The van der Waals surface area contributed by atoms with Crippen LogP contribution in [0.2, 0.25) is 0 Å². The van der Waals surface area contributed by atoms with Gasteiger partial charge in [-0.05, 0) is 64.2 Å². The molecule has 0 atom stereocenters. The third-order valence-corrected chi connectivity index (χ3v) is 11.6. The first kappa shape index (κ1) is 31.7. The molecule has 0 saturated carbocycles. The molecule has 1 aliphatic heterocycles. The fourth-order valence-electron chi connectivity index (χ4n) is 5.62. The average molecular weight is 682 g/mol. The van der Waals surface area contributed by atoms with Gasteiger partial charge in [-0.1, -0.05) is 78.6 Å². The molecule has 234 valence electrons. The third-order valence-electron chi connectivity index (χ3n) is 7.79. The van der Waals surface area contributed by atoms with Crippen LogP contribution in [-0.2, 0) is 26.8 Å². The molecule has 4 aromatic carbocycles. The van der Waals surface area contributed by atoms with E-state index in [0.29, 0.717) is 13.1 Å². The second-order valence-electron chi connectivity index (χ2n) is 11.0. The average Bonchev–Trinajstić information content (AvgIpc) is 3.48. The fourth-order valence-corrected chi connectivity index (χ4v) is 9.00. The van der Waals surface area contributed by atoms with E-state index in [1.165, 1.54) is 0 Å². The van der Waals surface area contributed by atoms with Crippen molar-refractivity contribution in [1.29, 1.82) is 0 Å². The summed E-state index contributed by atoms with van der Waals surface area (Å²) in [7, 11) is -8.16. The van der Waals surface area contributed by atoms with Gasteiger partial charge in [0.2, 0.25) is 5.52 Å². The minimum absolute atomic E-state index is 0.270. The van der Waals surface area contributed by atoms with E-state index >= 15 is 0 Å². The van der Waals surface area contributed by atoms with Crippen LogP contribution in [0, 0.1) is 0 Å².